The molecule has 0 spiro atoms. The van der Waals surface area contributed by atoms with E-state index in [1.807, 2.05) is 6.92 Å². The van der Waals surface area contributed by atoms with Crippen LogP contribution in [0.3, 0.4) is 0 Å². The maximum Gasteiger partial charge on any atom is 0.228 e. The molecule has 4 nitrogen and oxygen atoms in total. The molecular weight excluding hydrogens is 269 g/mol. The van der Waals surface area contributed by atoms with Gasteiger partial charge in [-0.2, -0.15) is 0 Å². The Morgan fingerprint density at radius 2 is 2.29 bits per heavy atom. The first-order chi connectivity index (χ1) is 10.1. The van der Waals surface area contributed by atoms with Crippen LogP contribution in [0, 0.1) is 5.82 Å². The van der Waals surface area contributed by atoms with E-state index < -0.39 is 0 Å². The van der Waals surface area contributed by atoms with E-state index in [9.17, 15) is 9.18 Å². The minimum atomic E-state index is -0.247. The summed E-state index contributed by atoms with van der Waals surface area (Å²) in [5.41, 5.74) is 2.59. The number of carbonyl (C=O) groups excluding carboxylic acids is 1. The molecule has 1 aliphatic rings. The predicted molar refractivity (Wildman–Crippen MR) is 76.1 cm³/mol. The highest BCUT2D eigenvalue weighted by Gasteiger charge is 2.29. The first-order valence-corrected chi connectivity index (χ1v) is 7.00. The van der Waals surface area contributed by atoms with Crippen molar-refractivity contribution in [1.82, 2.24) is 15.3 Å². The van der Waals surface area contributed by atoms with E-state index in [1.54, 1.807) is 24.7 Å². The van der Waals surface area contributed by atoms with Crippen molar-refractivity contribution in [3.8, 4) is 0 Å². The second-order valence-electron chi connectivity index (χ2n) is 5.29. The minimum absolute atomic E-state index is 0.0430. The lowest BCUT2D eigenvalue weighted by molar-refractivity contribution is -0.123. The molecule has 3 rings (SSSR count). The first kappa shape index (κ1) is 13.7. The van der Waals surface area contributed by atoms with Crippen LogP contribution in [-0.2, 0) is 11.2 Å². The smallest absolute Gasteiger partial charge is 0.228 e. The number of rotatable bonds is 3. The van der Waals surface area contributed by atoms with Crippen LogP contribution in [0.4, 0.5) is 4.39 Å². The highest BCUT2D eigenvalue weighted by Crippen LogP contribution is 2.34. The summed E-state index contributed by atoms with van der Waals surface area (Å²) >= 11 is 0. The SMILES string of the molecule is C[C@H](NC(=O)C1CCc2cc(F)ccc21)c1cnccn1. The van der Waals surface area contributed by atoms with Gasteiger partial charge in [0.25, 0.3) is 0 Å². The number of aromatic nitrogens is 2. The maximum atomic E-state index is 13.2. The van der Waals surface area contributed by atoms with E-state index in [-0.39, 0.29) is 23.7 Å². The van der Waals surface area contributed by atoms with Crippen LogP contribution in [0.5, 0.6) is 0 Å². The molecule has 0 aliphatic heterocycles. The molecule has 1 aromatic heterocycles. The Labute approximate surface area is 122 Å². The third-order valence-corrected chi connectivity index (χ3v) is 3.88. The van der Waals surface area contributed by atoms with Crippen molar-refractivity contribution in [2.75, 3.05) is 0 Å². The van der Waals surface area contributed by atoms with Gasteiger partial charge in [0.2, 0.25) is 5.91 Å². The van der Waals surface area contributed by atoms with E-state index in [4.69, 9.17) is 0 Å². The zero-order chi connectivity index (χ0) is 14.8. The maximum absolute atomic E-state index is 13.2. The van der Waals surface area contributed by atoms with Gasteiger partial charge in [-0.25, -0.2) is 4.39 Å². The number of benzene rings is 1. The molecule has 0 bridgehead atoms. The van der Waals surface area contributed by atoms with E-state index >= 15 is 0 Å². The lowest BCUT2D eigenvalue weighted by Crippen LogP contribution is -2.31. The minimum Gasteiger partial charge on any atom is -0.347 e. The van der Waals surface area contributed by atoms with Gasteiger partial charge in [0.15, 0.2) is 0 Å². The summed E-state index contributed by atoms with van der Waals surface area (Å²) in [5, 5.41) is 2.96. The molecule has 1 unspecified atom stereocenters. The van der Waals surface area contributed by atoms with Crippen molar-refractivity contribution >= 4 is 5.91 Å². The quantitative estimate of drug-likeness (QED) is 0.942. The summed E-state index contributed by atoms with van der Waals surface area (Å²) in [7, 11) is 0. The molecule has 2 atom stereocenters. The van der Waals surface area contributed by atoms with Crippen LogP contribution in [0.25, 0.3) is 0 Å². The number of nitrogens with zero attached hydrogens (tertiary/aromatic N) is 2. The monoisotopic (exact) mass is 285 g/mol. The second-order valence-corrected chi connectivity index (χ2v) is 5.29. The lowest BCUT2D eigenvalue weighted by Gasteiger charge is -2.17. The molecule has 1 heterocycles. The van der Waals surface area contributed by atoms with Gasteiger partial charge in [0, 0.05) is 12.4 Å². The van der Waals surface area contributed by atoms with Crippen LogP contribution < -0.4 is 5.32 Å². The van der Waals surface area contributed by atoms with Gasteiger partial charge >= 0.3 is 0 Å². The largest absolute Gasteiger partial charge is 0.347 e. The van der Waals surface area contributed by atoms with Gasteiger partial charge in [0.1, 0.15) is 5.82 Å². The molecular formula is C16H16FN3O. The molecule has 21 heavy (non-hydrogen) atoms. The van der Waals surface area contributed by atoms with Crippen LogP contribution in [0.1, 0.15) is 42.1 Å². The molecule has 1 amide bonds. The fourth-order valence-corrected chi connectivity index (χ4v) is 2.78. The van der Waals surface area contributed by atoms with Crippen LogP contribution in [0.2, 0.25) is 0 Å². The molecule has 1 N–H and O–H groups in total. The number of fused-ring (bicyclic) bond motifs is 1. The number of hydrogen-bond acceptors (Lipinski definition) is 3. The topological polar surface area (TPSA) is 54.9 Å². The molecule has 0 saturated carbocycles. The van der Waals surface area contributed by atoms with Gasteiger partial charge in [-0.3, -0.25) is 14.8 Å². The van der Waals surface area contributed by atoms with Gasteiger partial charge in [-0.05, 0) is 43.0 Å². The van der Waals surface area contributed by atoms with Gasteiger partial charge in [-0.15, -0.1) is 0 Å². The Hall–Kier alpha value is -2.30. The Morgan fingerprint density at radius 1 is 1.43 bits per heavy atom. The van der Waals surface area contributed by atoms with Crippen molar-refractivity contribution in [3.63, 3.8) is 0 Å². The van der Waals surface area contributed by atoms with Crippen molar-refractivity contribution in [2.45, 2.75) is 31.7 Å². The Kier molecular flexibility index (Phi) is 3.64. The predicted octanol–water partition coefficient (Wildman–Crippen LogP) is 2.52. The fraction of sp³-hybridized carbons (Fsp3) is 0.312. The zero-order valence-corrected chi connectivity index (χ0v) is 11.7. The molecule has 0 radical (unpaired) electrons. The Morgan fingerprint density at radius 3 is 3.05 bits per heavy atom. The number of nitrogens with one attached hydrogen (secondary N) is 1. The summed E-state index contributed by atoms with van der Waals surface area (Å²) in [6, 6.07) is 4.45. The summed E-state index contributed by atoms with van der Waals surface area (Å²) in [5.74, 6) is -0.499. The number of aryl methyl sites for hydroxylation is 1. The van der Waals surface area contributed by atoms with E-state index in [1.165, 1.54) is 12.1 Å². The molecule has 0 fully saturated rings. The summed E-state index contributed by atoms with van der Waals surface area (Å²) in [4.78, 5) is 20.6. The highest BCUT2D eigenvalue weighted by molar-refractivity contribution is 5.85. The number of amides is 1. The zero-order valence-electron chi connectivity index (χ0n) is 11.7. The van der Waals surface area contributed by atoms with Crippen molar-refractivity contribution in [1.29, 1.82) is 0 Å². The molecule has 0 saturated heterocycles. The van der Waals surface area contributed by atoms with Crippen LogP contribution >= 0.6 is 0 Å². The van der Waals surface area contributed by atoms with Gasteiger partial charge in [-0.1, -0.05) is 6.07 Å². The van der Waals surface area contributed by atoms with Crippen LogP contribution in [-0.4, -0.2) is 15.9 Å². The number of carbonyl (C=O) groups is 1. The number of halogens is 1. The molecule has 2 aromatic rings. The van der Waals surface area contributed by atoms with Crippen molar-refractivity contribution in [3.05, 3.63) is 59.4 Å². The van der Waals surface area contributed by atoms with E-state index in [2.05, 4.69) is 15.3 Å². The third kappa shape index (κ3) is 2.77. The Balaban J connectivity index is 1.73. The average Bonchev–Trinajstić information content (AvgIpc) is 2.91. The average molecular weight is 285 g/mol. The third-order valence-electron chi connectivity index (χ3n) is 3.88. The lowest BCUT2D eigenvalue weighted by atomic mass is 10.00. The normalized spacial score (nSPS) is 18.1. The molecule has 1 aromatic carbocycles. The van der Waals surface area contributed by atoms with E-state index in [0.717, 1.165) is 29.7 Å². The molecule has 108 valence electrons. The molecule has 1 aliphatic carbocycles. The second kappa shape index (κ2) is 5.60. The standard InChI is InChI=1S/C16H16FN3O/c1-10(15-9-18-6-7-19-15)20-16(21)14-4-2-11-8-12(17)3-5-13(11)14/h3,5-10,14H,2,4H2,1H3,(H,20,21)/t10-,14?/m0/s1. The fourth-order valence-electron chi connectivity index (χ4n) is 2.78. The van der Waals surface area contributed by atoms with Crippen molar-refractivity contribution in [2.24, 2.45) is 0 Å². The summed E-state index contributed by atoms with van der Waals surface area (Å²) < 4.78 is 13.2. The van der Waals surface area contributed by atoms with Gasteiger partial charge < -0.3 is 5.32 Å². The van der Waals surface area contributed by atoms with Crippen molar-refractivity contribution < 1.29 is 9.18 Å². The molecule has 5 heteroatoms. The van der Waals surface area contributed by atoms with Crippen LogP contribution in [0.15, 0.2) is 36.8 Å². The number of hydrogen-bond donors (Lipinski definition) is 1. The summed E-state index contributed by atoms with van der Waals surface area (Å²) in [6.45, 7) is 1.88. The summed E-state index contributed by atoms with van der Waals surface area (Å²) in [6.07, 6.45) is 6.30. The van der Waals surface area contributed by atoms with E-state index in [0.29, 0.717) is 0 Å². The highest BCUT2D eigenvalue weighted by atomic mass is 19.1. The van der Waals surface area contributed by atoms with Gasteiger partial charge in [0.05, 0.1) is 23.9 Å². The Bertz CT molecular complexity index is 660. The first-order valence-electron chi connectivity index (χ1n) is 7.00.